The molecule has 1 aromatic carbocycles. The number of nitrogens with zero attached hydrogens (tertiary/aromatic N) is 1. The highest BCUT2D eigenvalue weighted by atomic mass is 16.5. The Hall–Kier alpha value is -2.54. The average Bonchev–Trinajstić information content (AvgIpc) is 2.80. The number of aliphatic carboxylic acids is 1. The van der Waals surface area contributed by atoms with Crippen molar-refractivity contribution in [3.8, 4) is 11.5 Å². The van der Waals surface area contributed by atoms with Gasteiger partial charge in [-0.1, -0.05) is 13.0 Å². The molecule has 2 aliphatic rings. The fraction of sp³-hybridized carbons (Fsp3) is 0.600. The Balaban J connectivity index is 1.45. The van der Waals surface area contributed by atoms with E-state index in [1.165, 1.54) is 12.8 Å². The van der Waals surface area contributed by atoms with Crippen LogP contribution in [0.4, 0.5) is 0 Å². The van der Waals surface area contributed by atoms with Crippen LogP contribution < -0.4 is 14.8 Å². The third-order valence-electron chi connectivity index (χ3n) is 6.58. The molecule has 7 heteroatoms. The van der Waals surface area contributed by atoms with E-state index < -0.39 is 5.97 Å². The number of benzene rings is 1. The number of carboxylic acid groups (broad SMARTS) is 1. The summed E-state index contributed by atoms with van der Waals surface area (Å²) in [6.45, 7) is 5.08. The molecule has 7 nitrogen and oxygen atoms in total. The minimum absolute atomic E-state index is 0.0597. The number of nitrogens with one attached hydrogen (secondary N) is 1. The Bertz CT molecular complexity index is 794. The summed E-state index contributed by atoms with van der Waals surface area (Å²) in [5.74, 6) is 1.07. The number of piperidine rings is 1. The zero-order valence-corrected chi connectivity index (χ0v) is 19.2. The van der Waals surface area contributed by atoms with Crippen LogP contribution in [-0.4, -0.2) is 61.3 Å². The number of ether oxygens (including phenoxy) is 2. The number of likely N-dealkylation sites (tertiary alicyclic amines) is 1. The largest absolute Gasteiger partial charge is 0.493 e. The molecule has 0 atom stereocenters. The molecular formula is C25H36N2O5. The third kappa shape index (κ3) is 7.26. The van der Waals surface area contributed by atoms with Crippen LogP contribution in [0.15, 0.2) is 24.3 Å². The first-order chi connectivity index (χ1) is 15.4. The number of carbonyl (C=O) groups is 2. The van der Waals surface area contributed by atoms with Gasteiger partial charge < -0.3 is 19.9 Å². The fourth-order valence-electron chi connectivity index (χ4n) is 4.42. The highest BCUT2D eigenvalue weighted by molar-refractivity contribution is 5.92. The van der Waals surface area contributed by atoms with Gasteiger partial charge in [-0.05, 0) is 81.3 Å². The summed E-state index contributed by atoms with van der Waals surface area (Å²) >= 11 is 0. The molecule has 0 bridgehead atoms. The molecule has 2 fully saturated rings. The minimum atomic E-state index is -0.694. The number of hydrogen-bond donors (Lipinski definition) is 2. The zero-order chi connectivity index (χ0) is 22.9. The number of carbonyl (C=O) groups excluding carboxylic acids is 1. The second-order valence-electron chi connectivity index (χ2n) is 9.01. The topological polar surface area (TPSA) is 88.1 Å². The molecule has 1 aliphatic carbocycles. The van der Waals surface area contributed by atoms with Crippen LogP contribution in [-0.2, 0) is 9.59 Å². The molecular weight excluding hydrogens is 408 g/mol. The zero-order valence-electron chi connectivity index (χ0n) is 19.2. The quantitative estimate of drug-likeness (QED) is 0.566. The van der Waals surface area contributed by atoms with Crippen LogP contribution >= 0.6 is 0 Å². The first kappa shape index (κ1) is 24.1. The summed E-state index contributed by atoms with van der Waals surface area (Å²) in [6, 6.07) is 5.90. The van der Waals surface area contributed by atoms with Gasteiger partial charge in [-0.25, -0.2) is 0 Å². The fourth-order valence-corrected chi connectivity index (χ4v) is 4.42. The first-order valence-corrected chi connectivity index (χ1v) is 11.7. The van der Waals surface area contributed by atoms with Crippen LogP contribution in [0.25, 0.3) is 6.08 Å². The maximum absolute atomic E-state index is 12.2. The van der Waals surface area contributed by atoms with Gasteiger partial charge in [-0.2, -0.15) is 0 Å². The molecule has 0 radical (unpaired) electrons. The van der Waals surface area contributed by atoms with Crippen LogP contribution in [0.1, 0.15) is 51.0 Å². The van der Waals surface area contributed by atoms with Gasteiger partial charge in [-0.3, -0.25) is 14.5 Å². The normalized spacial score (nSPS) is 22.6. The standard InChI is InChI=1S/C25H36N2O5/c1-18-3-7-21(8-4-18)26-24(28)10-6-19-5-9-22(23(17-19)31-2)32-16-15-27-13-11-20(12-14-27)25(29)30/h5-6,9-10,17-18,20-21H,3-4,7-8,11-16H2,1-2H3,(H,26,28)(H,29,30)/b10-6+/t18-,21-. The third-order valence-corrected chi connectivity index (χ3v) is 6.58. The van der Waals surface area contributed by atoms with Crippen molar-refractivity contribution in [2.24, 2.45) is 11.8 Å². The summed E-state index contributed by atoms with van der Waals surface area (Å²) in [6.07, 6.45) is 9.20. The van der Waals surface area contributed by atoms with Gasteiger partial charge in [0.1, 0.15) is 6.61 Å². The Morgan fingerprint density at radius 3 is 2.50 bits per heavy atom. The smallest absolute Gasteiger partial charge is 0.306 e. The van der Waals surface area contributed by atoms with Gasteiger partial charge in [0, 0.05) is 18.7 Å². The van der Waals surface area contributed by atoms with E-state index in [9.17, 15) is 9.59 Å². The van der Waals surface area contributed by atoms with Crippen molar-refractivity contribution in [2.45, 2.75) is 51.5 Å². The first-order valence-electron chi connectivity index (χ1n) is 11.7. The summed E-state index contributed by atoms with van der Waals surface area (Å²) in [7, 11) is 1.60. The van der Waals surface area contributed by atoms with E-state index in [-0.39, 0.29) is 17.9 Å². The molecule has 2 N–H and O–H groups in total. The van der Waals surface area contributed by atoms with Crippen LogP contribution in [0.5, 0.6) is 11.5 Å². The van der Waals surface area contributed by atoms with Gasteiger partial charge in [0.25, 0.3) is 0 Å². The van der Waals surface area contributed by atoms with E-state index in [4.69, 9.17) is 14.6 Å². The molecule has 1 aromatic rings. The highest BCUT2D eigenvalue weighted by Crippen LogP contribution is 2.29. The summed E-state index contributed by atoms with van der Waals surface area (Å²) < 4.78 is 11.4. The molecule has 1 saturated heterocycles. The summed E-state index contributed by atoms with van der Waals surface area (Å²) in [4.78, 5) is 25.5. The molecule has 3 rings (SSSR count). The molecule has 1 amide bonds. The lowest BCUT2D eigenvalue weighted by Crippen LogP contribution is -2.38. The lowest BCUT2D eigenvalue weighted by molar-refractivity contribution is -0.143. The van der Waals surface area contributed by atoms with Crippen molar-refractivity contribution in [1.82, 2.24) is 10.2 Å². The van der Waals surface area contributed by atoms with E-state index in [1.54, 1.807) is 19.3 Å². The number of hydrogen-bond acceptors (Lipinski definition) is 5. The van der Waals surface area contributed by atoms with E-state index in [0.717, 1.165) is 44.0 Å². The lowest BCUT2D eigenvalue weighted by atomic mass is 9.87. The highest BCUT2D eigenvalue weighted by Gasteiger charge is 2.24. The Morgan fingerprint density at radius 1 is 1.12 bits per heavy atom. The summed E-state index contributed by atoms with van der Waals surface area (Å²) in [5.41, 5.74) is 0.873. The van der Waals surface area contributed by atoms with Crippen molar-refractivity contribution >= 4 is 18.0 Å². The molecule has 1 aliphatic heterocycles. The maximum Gasteiger partial charge on any atom is 0.306 e. The number of carboxylic acids is 1. The van der Waals surface area contributed by atoms with E-state index >= 15 is 0 Å². The average molecular weight is 445 g/mol. The van der Waals surface area contributed by atoms with Gasteiger partial charge in [0.05, 0.1) is 13.0 Å². The number of amides is 1. The van der Waals surface area contributed by atoms with Crippen LogP contribution in [0.2, 0.25) is 0 Å². The van der Waals surface area contributed by atoms with Gasteiger partial charge in [-0.15, -0.1) is 0 Å². The second kappa shape index (κ2) is 11.9. The van der Waals surface area contributed by atoms with Crippen molar-refractivity contribution in [3.05, 3.63) is 29.8 Å². The van der Waals surface area contributed by atoms with Crippen molar-refractivity contribution in [2.75, 3.05) is 33.4 Å². The lowest BCUT2D eigenvalue weighted by Gasteiger charge is -2.29. The van der Waals surface area contributed by atoms with E-state index in [0.29, 0.717) is 30.9 Å². The predicted octanol–water partition coefficient (Wildman–Crippen LogP) is 3.58. The Labute approximate surface area is 190 Å². The molecule has 0 unspecified atom stereocenters. The van der Waals surface area contributed by atoms with Crippen LogP contribution in [0, 0.1) is 11.8 Å². The van der Waals surface area contributed by atoms with E-state index in [1.807, 2.05) is 18.2 Å². The monoisotopic (exact) mass is 444 g/mol. The number of rotatable bonds is 9. The van der Waals surface area contributed by atoms with Crippen molar-refractivity contribution in [3.63, 3.8) is 0 Å². The molecule has 176 valence electrons. The van der Waals surface area contributed by atoms with Crippen molar-refractivity contribution in [1.29, 1.82) is 0 Å². The van der Waals surface area contributed by atoms with Gasteiger partial charge in [0.2, 0.25) is 5.91 Å². The predicted molar refractivity (Wildman–Crippen MR) is 124 cm³/mol. The molecule has 1 heterocycles. The Morgan fingerprint density at radius 2 is 1.84 bits per heavy atom. The summed E-state index contributed by atoms with van der Waals surface area (Å²) in [5, 5.41) is 12.2. The molecule has 1 saturated carbocycles. The Kier molecular flexibility index (Phi) is 8.97. The van der Waals surface area contributed by atoms with Crippen molar-refractivity contribution < 1.29 is 24.2 Å². The molecule has 0 aromatic heterocycles. The van der Waals surface area contributed by atoms with Crippen LogP contribution in [0.3, 0.4) is 0 Å². The SMILES string of the molecule is COc1cc(/C=C/C(=O)N[C@H]2CC[C@H](C)CC2)ccc1OCCN1CCC(C(=O)O)CC1. The molecule has 0 spiro atoms. The minimum Gasteiger partial charge on any atom is -0.493 e. The second-order valence-corrected chi connectivity index (χ2v) is 9.01. The van der Waals surface area contributed by atoms with Gasteiger partial charge >= 0.3 is 5.97 Å². The molecule has 32 heavy (non-hydrogen) atoms. The van der Waals surface area contributed by atoms with E-state index in [2.05, 4.69) is 17.1 Å². The maximum atomic E-state index is 12.2. The number of methoxy groups -OCH3 is 1. The van der Waals surface area contributed by atoms with Gasteiger partial charge in [0.15, 0.2) is 11.5 Å².